The van der Waals surface area contributed by atoms with Crippen molar-refractivity contribution in [2.45, 2.75) is 136 Å². The van der Waals surface area contributed by atoms with Crippen LogP contribution in [0, 0.1) is 0 Å². The fourth-order valence-corrected chi connectivity index (χ4v) is 4.46. The Kier molecular flexibility index (Phi) is 22.5. The van der Waals surface area contributed by atoms with Gasteiger partial charge in [0.05, 0.1) is 14.2 Å². The van der Waals surface area contributed by atoms with Gasteiger partial charge in [0.25, 0.3) is 0 Å². The van der Waals surface area contributed by atoms with E-state index in [0.717, 1.165) is 63.8 Å². The smallest absolute Gasteiger partial charge is 0.407 e. The van der Waals surface area contributed by atoms with Gasteiger partial charge in [0.15, 0.2) is 12.6 Å². The molecule has 3 heterocycles. The highest BCUT2D eigenvalue weighted by molar-refractivity contribution is 5.77. The minimum absolute atomic E-state index is 0. The van der Waals surface area contributed by atoms with Crippen LogP contribution in [0.2, 0.25) is 0 Å². The summed E-state index contributed by atoms with van der Waals surface area (Å²) in [7, 11) is 2.63. The van der Waals surface area contributed by atoms with Gasteiger partial charge >= 0.3 is 18.0 Å². The molecule has 15 heteroatoms. The number of nitrogens with zero attached hydrogens (tertiary/aromatic N) is 2. The number of rotatable bonds is 12. The molecule has 0 saturated carbocycles. The second-order valence-electron chi connectivity index (χ2n) is 12.0. The summed E-state index contributed by atoms with van der Waals surface area (Å²) in [5.41, 5.74) is 4.82. The van der Waals surface area contributed by atoms with E-state index in [0.29, 0.717) is 6.42 Å². The maximum atomic E-state index is 11.9. The molecular weight excluding hydrogens is 628 g/mol. The second kappa shape index (κ2) is 24.1. The normalized spacial score (nSPS) is 19.9. The molecule has 3 rings (SSSR count). The summed E-state index contributed by atoms with van der Waals surface area (Å²) < 4.78 is 38.1. The van der Waals surface area contributed by atoms with Crippen LogP contribution in [0.5, 0.6) is 0 Å². The lowest BCUT2D eigenvalue weighted by molar-refractivity contribution is -0.188. The molecule has 278 valence electrons. The first kappa shape index (κ1) is 44.9. The van der Waals surface area contributed by atoms with Crippen LogP contribution < -0.4 is 11.1 Å². The molecular formula is C33H60N4O11. The molecule has 2 saturated heterocycles. The van der Waals surface area contributed by atoms with E-state index in [9.17, 15) is 19.2 Å². The molecule has 0 aliphatic carbocycles. The molecule has 2 unspecified atom stereocenters. The van der Waals surface area contributed by atoms with Crippen LogP contribution in [-0.4, -0.2) is 98.2 Å². The van der Waals surface area contributed by atoms with Crippen molar-refractivity contribution in [3.63, 3.8) is 0 Å². The predicted molar refractivity (Wildman–Crippen MR) is 178 cm³/mol. The van der Waals surface area contributed by atoms with Crippen LogP contribution in [-0.2, 0) is 47.5 Å². The van der Waals surface area contributed by atoms with Crippen LogP contribution in [0.3, 0.4) is 0 Å². The SMILES string of the molecule is C.CC[C@H](C(=O)OC)n1ccnc1[C@H](C)OC1CCCCO1.COC(=O)[C@H](N)CNC(=O)OC(C)(C)C.C[C@@H](C=O)OC1CCCCO1. The van der Waals surface area contributed by atoms with E-state index in [2.05, 4.69) is 15.0 Å². The lowest BCUT2D eigenvalue weighted by Gasteiger charge is -2.27. The van der Waals surface area contributed by atoms with Gasteiger partial charge < -0.3 is 53.6 Å². The molecule has 1 aromatic rings. The van der Waals surface area contributed by atoms with Crippen molar-refractivity contribution < 1.29 is 52.3 Å². The summed E-state index contributed by atoms with van der Waals surface area (Å²) in [6.07, 6.45) is 9.66. The van der Waals surface area contributed by atoms with Gasteiger partial charge in [0, 0.05) is 32.2 Å². The lowest BCUT2D eigenvalue weighted by atomic mass is 10.2. The molecule has 15 nitrogen and oxygen atoms in total. The first-order chi connectivity index (χ1) is 22.3. The van der Waals surface area contributed by atoms with Crippen LogP contribution in [0.4, 0.5) is 4.79 Å². The Morgan fingerprint density at radius 3 is 2.04 bits per heavy atom. The zero-order valence-electron chi connectivity index (χ0n) is 29.2. The molecule has 1 aromatic heterocycles. The second-order valence-corrected chi connectivity index (χ2v) is 12.0. The fourth-order valence-electron chi connectivity index (χ4n) is 4.46. The summed E-state index contributed by atoms with van der Waals surface area (Å²) in [5.74, 6) is -0.120. The van der Waals surface area contributed by atoms with Crippen LogP contribution >= 0.6 is 0 Å². The van der Waals surface area contributed by atoms with Gasteiger partial charge in [-0.2, -0.15) is 0 Å². The number of methoxy groups -OCH3 is 2. The number of amides is 1. The predicted octanol–water partition coefficient (Wildman–Crippen LogP) is 4.38. The van der Waals surface area contributed by atoms with E-state index in [1.807, 2.05) is 18.4 Å². The number of carbonyl (C=O) groups excluding carboxylic acids is 4. The summed E-state index contributed by atoms with van der Waals surface area (Å²) in [4.78, 5) is 48.4. The number of aldehydes is 1. The largest absolute Gasteiger partial charge is 0.468 e. The van der Waals surface area contributed by atoms with Crippen molar-refractivity contribution in [3.8, 4) is 0 Å². The molecule has 0 aromatic carbocycles. The molecule has 0 bridgehead atoms. The zero-order chi connectivity index (χ0) is 35.4. The molecule has 2 aliphatic heterocycles. The Morgan fingerprint density at radius 2 is 1.58 bits per heavy atom. The van der Waals surface area contributed by atoms with Crippen LogP contribution in [0.1, 0.15) is 112 Å². The summed E-state index contributed by atoms with van der Waals surface area (Å²) in [6, 6.07) is -1.24. The van der Waals surface area contributed by atoms with Crippen molar-refractivity contribution in [1.29, 1.82) is 0 Å². The lowest BCUT2D eigenvalue weighted by Crippen LogP contribution is -2.44. The van der Waals surface area contributed by atoms with Crippen molar-refractivity contribution >= 4 is 24.3 Å². The Bertz CT molecular complexity index is 1050. The van der Waals surface area contributed by atoms with E-state index < -0.39 is 23.7 Å². The molecule has 2 aliphatic rings. The molecule has 1 amide bonds. The Morgan fingerprint density at radius 1 is 1.02 bits per heavy atom. The van der Waals surface area contributed by atoms with E-state index >= 15 is 0 Å². The minimum Gasteiger partial charge on any atom is -0.468 e. The third-order valence-corrected chi connectivity index (χ3v) is 6.82. The van der Waals surface area contributed by atoms with Crippen molar-refractivity contribution in [3.05, 3.63) is 18.2 Å². The molecule has 2 fully saturated rings. The van der Waals surface area contributed by atoms with Crippen molar-refractivity contribution in [2.75, 3.05) is 34.0 Å². The maximum Gasteiger partial charge on any atom is 0.407 e. The van der Waals surface area contributed by atoms with E-state index in [1.165, 1.54) is 14.2 Å². The zero-order valence-corrected chi connectivity index (χ0v) is 29.2. The number of hydrogen-bond donors (Lipinski definition) is 2. The van der Waals surface area contributed by atoms with Gasteiger partial charge in [-0.25, -0.2) is 14.6 Å². The Labute approximate surface area is 285 Å². The molecule has 6 atom stereocenters. The quantitative estimate of drug-likeness (QED) is 0.179. The molecule has 0 spiro atoms. The number of carbonyl (C=O) groups is 4. The average Bonchev–Trinajstić information content (AvgIpc) is 3.54. The topological polar surface area (TPSA) is 189 Å². The van der Waals surface area contributed by atoms with E-state index in [1.54, 1.807) is 40.1 Å². The van der Waals surface area contributed by atoms with Crippen molar-refractivity contribution in [1.82, 2.24) is 14.9 Å². The highest BCUT2D eigenvalue weighted by Crippen LogP contribution is 2.26. The van der Waals surface area contributed by atoms with Gasteiger partial charge in [-0.1, -0.05) is 14.4 Å². The van der Waals surface area contributed by atoms with Gasteiger partial charge in [-0.3, -0.25) is 4.79 Å². The summed E-state index contributed by atoms with van der Waals surface area (Å²) in [6.45, 7) is 12.3. The number of nitrogens with one attached hydrogen (secondary N) is 1. The molecule has 48 heavy (non-hydrogen) atoms. The first-order valence-electron chi connectivity index (χ1n) is 16.2. The summed E-state index contributed by atoms with van der Waals surface area (Å²) in [5, 5.41) is 2.37. The maximum absolute atomic E-state index is 11.9. The van der Waals surface area contributed by atoms with Gasteiger partial charge in [-0.15, -0.1) is 0 Å². The molecule has 3 N–H and O–H groups in total. The monoisotopic (exact) mass is 688 g/mol. The third-order valence-electron chi connectivity index (χ3n) is 6.82. The number of alkyl carbamates (subject to hydrolysis) is 1. The van der Waals surface area contributed by atoms with Gasteiger partial charge in [0.2, 0.25) is 0 Å². The van der Waals surface area contributed by atoms with Gasteiger partial charge in [0.1, 0.15) is 42.0 Å². The number of aromatic nitrogens is 2. The summed E-state index contributed by atoms with van der Waals surface area (Å²) >= 11 is 0. The van der Waals surface area contributed by atoms with Gasteiger partial charge in [-0.05, 0) is 79.6 Å². The minimum atomic E-state index is -0.873. The van der Waals surface area contributed by atoms with Crippen LogP contribution in [0.15, 0.2) is 12.4 Å². The standard InChI is InChI=1S/C15H24N2O4.C9H18N2O4.C8H14O3.CH4/c1-4-12(15(18)19-3)17-9-8-16-14(17)11(2)21-13-7-5-6-10-20-13;1-9(2,3)15-8(13)11-5-6(10)7(12)14-4;1-7(6-9)11-8-4-2-3-5-10-8;/h8-9,11-13H,4-7,10H2,1-3H3;6H,5,10H2,1-4H3,(H,11,13);6-8H,2-5H2,1H3;1H4/t11-,12+,13?;6-;7-,8?;/m010./s1. The number of imidazole rings is 1. The first-order valence-corrected chi connectivity index (χ1v) is 16.2. The Hall–Kier alpha value is -3.11. The highest BCUT2D eigenvalue weighted by Gasteiger charge is 2.26. The number of esters is 2. The Balaban J connectivity index is 0.000000722. The van der Waals surface area contributed by atoms with E-state index in [-0.39, 0.29) is 50.8 Å². The fraction of sp³-hybridized carbons (Fsp3) is 0.788. The average molecular weight is 689 g/mol. The highest BCUT2D eigenvalue weighted by atomic mass is 16.7. The van der Waals surface area contributed by atoms with E-state index in [4.69, 9.17) is 34.2 Å². The molecule has 0 radical (unpaired) electrons. The third kappa shape index (κ3) is 17.9. The number of nitrogens with two attached hydrogens (primary N) is 1. The number of ether oxygens (including phenoxy) is 7. The number of hydrogen-bond acceptors (Lipinski definition) is 13. The van der Waals surface area contributed by atoms with Crippen molar-refractivity contribution in [2.24, 2.45) is 5.73 Å². The van der Waals surface area contributed by atoms with Crippen LogP contribution in [0.25, 0.3) is 0 Å².